The minimum absolute atomic E-state index is 0.0439. The number of amides is 1. The maximum absolute atomic E-state index is 11.0. The summed E-state index contributed by atoms with van der Waals surface area (Å²) in [7, 11) is 2.11. The van der Waals surface area contributed by atoms with Gasteiger partial charge >= 0.3 is 0 Å². The van der Waals surface area contributed by atoms with Gasteiger partial charge in [0.25, 0.3) is 0 Å². The number of hydrogen-bond acceptors (Lipinski definition) is 3. The summed E-state index contributed by atoms with van der Waals surface area (Å²) in [5.41, 5.74) is 11.0. The Morgan fingerprint density at radius 2 is 2.29 bits per heavy atom. The molecule has 0 spiro atoms. The first-order valence-electron chi connectivity index (χ1n) is 5.18. The summed E-state index contributed by atoms with van der Waals surface area (Å²) >= 11 is 0. The van der Waals surface area contributed by atoms with E-state index in [1.54, 1.807) is 0 Å². The van der Waals surface area contributed by atoms with Crippen LogP contribution in [-0.2, 0) is 4.79 Å². The third kappa shape index (κ3) is 2.45. The van der Waals surface area contributed by atoms with E-state index in [9.17, 15) is 4.79 Å². The second-order valence-electron chi connectivity index (χ2n) is 4.63. The van der Waals surface area contributed by atoms with Crippen molar-refractivity contribution < 1.29 is 4.79 Å². The lowest BCUT2D eigenvalue weighted by molar-refractivity contribution is -0.121. The molecule has 1 saturated heterocycles. The summed E-state index contributed by atoms with van der Waals surface area (Å²) < 4.78 is 0. The number of likely N-dealkylation sites (tertiary alicyclic amines) is 1. The fourth-order valence-electron chi connectivity index (χ4n) is 2.31. The zero-order valence-corrected chi connectivity index (χ0v) is 9.12. The van der Waals surface area contributed by atoms with E-state index < -0.39 is 0 Å². The molecule has 0 aromatic rings. The fraction of sp³-hybridized carbons (Fsp3) is 0.900. The van der Waals surface area contributed by atoms with Gasteiger partial charge in [-0.05, 0) is 45.3 Å². The molecule has 4 N–H and O–H groups in total. The van der Waals surface area contributed by atoms with Crippen molar-refractivity contribution in [1.29, 1.82) is 0 Å². The van der Waals surface area contributed by atoms with Crippen LogP contribution in [0.15, 0.2) is 0 Å². The Morgan fingerprint density at radius 1 is 1.64 bits per heavy atom. The highest BCUT2D eigenvalue weighted by Crippen LogP contribution is 2.36. The molecule has 1 heterocycles. The SMILES string of the molecule is CC1CC(CN)(CC(N)=O)CCN1C. The number of hydrogen-bond donors (Lipinski definition) is 2. The van der Waals surface area contributed by atoms with Crippen LogP contribution in [0.4, 0.5) is 0 Å². The largest absolute Gasteiger partial charge is 0.370 e. The van der Waals surface area contributed by atoms with E-state index in [1.165, 1.54) is 0 Å². The molecule has 0 aliphatic carbocycles. The Morgan fingerprint density at radius 3 is 2.71 bits per heavy atom. The van der Waals surface area contributed by atoms with E-state index in [0.717, 1.165) is 19.4 Å². The van der Waals surface area contributed by atoms with Crippen molar-refractivity contribution in [2.45, 2.75) is 32.2 Å². The van der Waals surface area contributed by atoms with Gasteiger partial charge in [0.1, 0.15) is 0 Å². The smallest absolute Gasteiger partial charge is 0.218 e. The predicted octanol–water partition coefficient (Wildman–Crippen LogP) is -0.0790. The minimum Gasteiger partial charge on any atom is -0.370 e. The third-order valence-electron chi connectivity index (χ3n) is 3.46. The summed E-state index contributed by atoms with van der Waals surface area (Å²) in [6.45, 7) is 3.74. The van der Waals surface area contributed by atoms with E-state index in [0.29, 0.717) is 19.0 Å². The van der Waals surface area contributed by atoms with Crippen molar-refractivity contribution in [3.8, 4) is 0 Å². The highest BCUT2D eigenvalue weighted by Gasteiger charge is 2.37. The number of piperidine rings is 1. The standard InChI is InChI=1S/C10H21N3O/c1-8-5-10(7-11,6-9(12)14)3-4-13(8)2/h8H,3-7,11H2,1-2H3,(H2,12,14). The van der Waals surface area contributed by atoms with Crippen LogP contribution in [0.3, 0.4) is 0 Å². The maximum atomic E-state index is 11.0. The van der Waals surface area contributed by atoms with Crippen LogP contribution in [0.2, 0.25) is 0 Å². The normalized spacial score (nSPS) is 34.4. The molecule has 2 unspecified atom stereocenters. The highest BCUT2D eigenvalue weighted by atomic mass is 16.1. The first kappa shape index (κ1) is 11.5. The van der Waals surface area contributed by atoms with Crippen LogP contribution >= 0.6 is 0 Å². The van der Waals surface area contributed by atoms with Crippen molar-refractivity contribution in [3.63, 3.8) is 0 Å². The van der Waals surface area contributed by atoms with Crippen molar-refractivity contribution in [3.05, 3.63) is 0 Å². The van der Waals surface area contributed by atoms with Crippen LogP contribution in [0, 0.1) is 5.41 Å². The second-order valence-corrected chi connectivity index (χ2v) is 4.63. The Hall–Kier alpha value is -0.610. The Bertz CT molecular complexity index is 219. The Balaban J connectivity index is 2.66. The summed E-state index contributed by atoms with van der Waals surface area (Å²) in [4.78, 5) is 13.3. The highest BCUT2D eigenvalue weighted by molar-refractivity contribution is 5.74. The average Bonchev–Trinajstić information content (AvgIpc) is 2.11. The first-order valence-corrected chi connectivity index (χ1v) is 5.18. The predicted molar refractivity (Wildman–Crippen MR) is 56.6 cm³/mol. The average molecular weight is 199 g/mol. The molecule has 0 radical (unpaired) electrons. The van der Waals surface area contributed by atoms with E-state index in [-0.39, 0.29) is 11.3 Å². The molecule has 82 valence electrons. The maximum Gasteiger partial charge on any atom is 0.218 e. The number of rotatable bonds is 3. The number of nitrogens with two attached hydrogens (primary N) is 2. The summed E-state index contributed by atoms with van der Waals surface area (Å²) in [5.74, 6) is -0.229. The van der Waals surface area contributed by atoms with Gasteiger partial charge in [0, 0.05) is 12.5 Å². The van der Waals surface area contributed by atoms with Gasteiger partial charge in [-0.3, -0.25) is 4.79 Å². The first-order chi connectivity index (χ1) is 6.49. The molecule has 1 aliphatic heterocycles. The van der Waals surface area contributed by atoms with E-state index >= 15 is 0 Å². The summed E-state index contributed by atoms with van der Waals surface area (Å²) in [5, 5.41) is 0. The van der Waals surface area contributed by atoms with Gasteiger partial charge in [-0.2, -0.15) is 0 Å². The zero-order chi connectivity index (χ0) is 10.8. The Labute approximate surface area is 85.6 Å². The quantitative estimate of drug-likeness (QED) is 0.668. The van der Waals surface area contributed by atoms with Gasteiger partial charge in [0.2, 0.25) is 5.91 Å². The lowest BCUT2D eigenvalue weighted by Crippen LogP contribution is -2.48. The van der Waals surface area contributed by atoms with E-state index in [1.807, 2.05) is 0 Å². The number of nitrogens with zero attached hydrogens (tertiary/aromatic N) is 1. The van der Waals surface area contributed by atoms with Gasteiger partial charge in [-0.15, -0.1) is 0 Å². The van der Waals surface area contributed by atoms with Crippen molar-refractivity contribution in [1.82, 2.24) is 4.90 Å². The van der Waals surface area contributed by atoms with Gasteiger partial charge in [-0.25, -0.2) is 0 Å². The van der Waals surface area contributed by atoms with E-state index in [2.05, 4.69) is 18.9 Å². The molecular formula is C10H21N3O. The van der Waals surface area contributed by atoms with Crippen LogP contribution in [0.5, 0.6) is 0 Å². The molecule has 0 aromatic heterocycles. The monoisotopic (exact) mass is 199 g/mol. The molecule has 2 atom stereocenters. The lowest BCUT2D eigenvalue weighted by Gasteiger charge is -2.43. The molecule has 1 aliphatic rings. The van der Waals surface area contributed by atoms with Crippen molar-refractivity contribution >= 4 is 5.91 Å². The molecule has 4 heteroatoms. The number of carbonyl (C=O) groups is 1. The second kappa shape index (κ2) is 4.28. The van der Waals surface area contributed by atoms with Gasteiger partial charge in [0.15, 0.2) is 0 Å². The topological polar surface area (TPSA) is 72.3 Å². The number of carbonyl (C=O) groups excluding carboxylic acids is 1. The van der Waals surface area contributed by atoms with Crippen LogP contribution in [-0.4, -0.2) is 37.0 Å². The van der Waals surface area contributed by atoms with Gasteiger partial charge < -0.3 is 16.4 Å². The molecule has 0 bridgehead atoms. The van der Waals surface area contributed by atoms with Gasteiger partial charge in [-0.1, -0.05) is 0 Å². The summed E-state index contributed by atoms with van der Waals surface area (Å²) in [6.07, 6.45) is 2.39. The molecule has 0 saturated carbocycles. The van der Waals surface area contributed by atoms with Crippen LogP contribution in [0.1, 0.15) is 26.2 Å². The summed E-state index contributed by atoms with van der Waals surface area (Å²) in [6, 6.07) is 0.492. The molecular weight excluding hydrogens is 178 g/mol. The molecule has 14 heavy (non-hydrogen) atoms. The molecule has 0 aromatic carbocycles. The Kier molecular flexibility index (Phi) is 3.50. The third-order valence-corrected chi connectivity index (χ3v) is 3.46. The number of primary amides is 1. The molecule has 4 nitrogen and oxygen atoms in total. The van der Waals surface area contributed by atoms with Crippen LogP contribution < -0.4 is 11.5 Å². The van der Waals surface area contributed by atoms with Crippen molar-refractivity contribution in [2.24, 2.45) is 16.9 Å². The minimum atomic E-state index is -0.229. The molecule has 1 fully saturated rings. The fourth-order valence-corrected chi connectivity index (χ4v) is 2.31. The van der Waals surface area contributed by atoms with E-state index in [4.69, 9.17) is 11.5 Å². The molecule has 1 rings (SSSR count). The van der Waals surface area contributed by atoms with Gasteiger partial charge in [0.05, 0.1) is 0 Å². The zero-order valence-electron chi connectivity index (χ0n) is 9.12. The van der Waals surface area contributed by atoms with Crippen molar-refractivity contribution in [2.75, 3.05) is 20.1 Å². The van der Waals surface area contributed by atoms with Crippen LogP contribution in [0.25, 0.3) is 0 Å². The molecule has 1 amide bonds. The lowest BCUT2D eigenvalue weighted by atomic mass is 9.73.